The predicted molar refractivity (Wildman–Crippen MR) is 59.6 cm³/mol. The van der Waals surface area contributed by atoms with E-state index >= 15 is 0 Å². The second kappa shape index (κ2) is 5.90. The molecule has 0 bridgehead atoms. The second-order valence-corrected chi connectivity index (χ2v) is 3.62. The van der Waals surface area contributed by atoms with E-state index in [1.165, 1.54) is 17.0 Å². The highest BCUT2D eigenvalue weighted by Gasteiger charge is 2.04. The quantitative estimate of drug-likeness (QED) is 0.570. The molecule has 0 radical (unpaired) electrons. The Labute approximate surface area is 91.1 Å². The molecule has 0 aliphatic rings. The van der Waals surface area contributed by atoms with E-state index in [0.29, 0.717) is 13.2 Å². The first kappa shape index (κ1) is 12.2. The molecule has 0 atom stereocenters. The molecule has 1 aromatic rings. The van der Waals surface area contributed by atoms with Crippen LogP contribution in [-0.4, -0.2) is 24.9 Å². The van der Waals surface area contributed by atoms with Gasteiger partial charge in [0.15, 0.2) is 0 Å². The highest BCUT2D eigenvalue weighted by atomic mass is 16.7. The van der Waals surface area contributed by atoms with Crippen molar-refractivity contribution in [2.24, 2.45) is 7.05 Å². The van der Waals surface area contributed by atoms with Crippen LogP contribution in [0.2, 0.25) is 0 Å². The third-order valence-electron chi connectivity index (χ3n) is 2.63. The molecular formula is C11H20N2O2. The average molecular weight is 212 g/mol. The van der Waals surface area contributed by atoms with Crippen molar-refractivity contribution in [3.05, 3.63) is 23.0 Å². The SMILES string of the molecule is COCCONCc1cc(C)n(C)c1C. The topological polar surface area (TPSA) is 35.4 Å². The molecule has 0 aromatic carbocycles. The molecule has 4 nitrogen and oxygen atoms in total. The Morgan fingerprint density at radius 2 is 2.07 bits per heavy atom. The Bertz CT molecular complexity index is 308. The van der Waals surface area contributed by atoms with E-state index in [1.54, 1.807) is 7.11 Å². The van der Waals surface area contributed by atoms with Crippen LogP contribution in [-0.2, 0) is 23.2 Å². The summed E-state index contributed by atoms with van der Waals surface area (Å²) in [4.78, 5) is 5.20. The zero-order valence-electron chi connectivity index (χ0n) is 9.96. The van der Waals surface area contributed by atoms with Crippen molar-refractivity contribution in [2.45, 2.75) is 20.4 Å². The van der Waals surface area contributed by atoms with Crippen LogP contribution in [0.15, 0.2) is 6.07 Å². The Balaban J connectivity index is 2.34. The molecule has 0 spiro atoms. The van der Waals surface area contributed by atoms with Crippen LogP contribution in [0.1, 0.15) is 17.0 Å². The molecule has 0 unspecified atom stereocenters. The number of hydrogen-bond acceptors (Lipinski definition) is 3. The van der Waals surface area contributed by atoms with Gasteiger partial charge in [-0.1, -0.05) is 0 Å². The number of ether oxygens (including phenoxy) is 1. The van der Waals surface area contributed by atoms with Gasteiger partial charge in [-0.2, -0.15) is 5.48 Å². The van der Waals surface area contributed by atoms with Crippen molar-refractivity contribution in [3.8, 4) is 0 Å². The standard InChI is InChI=1S/C11H20N2O2/c1-9-7-11(10(2)13(9)3)8-12-15-6-5-14-4/h7,12H,5-6,8H2,1-4H3. The Kier molecular flexibility index (Phi) is 4.81. The van der Waals surface area contributed by atoms with E-state index in [1.807, 2.05) is 0 Å². The molecule has 1 aromatic heterocycles. The summed E-state index contributed by atoms with van der Waals surface area (Å²) < 4.78 is 7.04. The number of rotatable bonds is 6. The first-order valence-corrected chi connectivity index (χ1v) is 5.12. The monoisotopic (exact) mass is 212 g/mol. The molecule has 86 valence electrons. The van der Waals surface area contributed by atoms with Gasteiger partial charge in [-0.15, -0.1) is 0 Å². The molecule has 0 aliphatic heterocycles. The first-order chi connectivity index (χ1) is 7.16. The molecule has 1 N–H and O–H groups in total. The van der Waals surface area contributed by atoms with Gasteiger partial charge in [-0.05, 0) is 25.5 Å². The molecule has 1 rings (SSSR count). The maximum atomic E-state index is 5.20. The van der Waals surface area contributed by atoms with Crippen molar-refractivity contribution in [1.29, 1.82) is 0 Å². The van der Waals surface area contributed by atoms with Gasteiger partial charge in [-0.25, -0.2) is 0 Å². The fourth-order valence-corrected chi connectivity index (χ4v) is 1.44. The summed E-state index contributed by atoms with van der Waals surface area (Å²) in [6, 6.07) is 2.17. The van der Waals surface area contributed by atoms with Gasteiger partial charge in [0.05, 0.1) is 13.2 Å². The van der Waals surface area contributed by atoms with E-state index in [-0.39, 0.29) is 0 Å². The van der Waals surface area contributed by atoms with Gasteiger partial charge in [0.1, 0.15) is 0 Å². The van der Waals surface area contributed by atoms with Crippen molar-refractivity contribution >= 4 is 0 Å². The van der Waals surface area contributed by atoms with E-state index < -0.39 is 0 Å². The van der Waals surface area contributed by atoms with Crippen LogP contribution in [0.3, 0.4) is 0 Å². The number of hydroxylamine groups is 1. The zero-order chi connectivity index (χ0) is 11.3. The number of methoxy groups -OCH3 is 1. The van der Waals surface area contributed by atoms with Gasteiger partial charge in [0, 0.05) is 32.1 Å². The Morgan fingerprint density at radius 3 is 2.60 bits per heavy atom. The minimum absolute atomic E-state index is 0.571. The minimum atomic E-state index is 0.571. The largest absolute Gasteiger partial charge is 0.382 e. The van der Waals surface area contributed by atoms with Crippen molar-refractivity contribution in [2.75, 3.05) is 20.3 Å². The summed E-state index contributed by atoms with van der Waals surface area (Å²) in [6.07, 6.45) is 0. The molecule has 0 amide bonds. The number of aryl methyl sites for hydroxylation is 1. The third kappa shape index (κ3) is 3.34. The van der Waals surface area contributed by atoms with Crippen LogP contribution >= 0.6 is 0 Å². The van der Waals surface area contributed by atoms with Gasteiger partial charge in [0.25, 0.3) is 0 Å². The molecule has 0 saturated carbocycles. The molecule has 1 heterocycles. The number of nitrogens with one attached hydrogen (secondary N) is 1. The second-order valence-electron chi connectivity index (χ2n) is 3.62. The lowest BCUT2D eigenvalue weighted by molar-refractivity contribution is 0.00339. The van der Waals surface area contributed by atoms with Gasteiger partial charge in [0.2, 0.25) is 0 Å². The number of aromatic nitrogens is 1. The fraction of sp³-hybridized carbons (Fsp3) is 0.636. The zero-order valence-corrected chi connectivity index (χ0v) is 9.96. The fourth-order valence-electron chi connectivity index (χ4n) is 1.44. The van der Waals surface area contributed by atoms with E-state index in [0.717, 1.165) is 6.54 Å². The van der Waals surface area contributed by atoms with E-state index in [9.17, 15) is 0 Å². The smallest absolute Gasteiger partial charge is 0.0916 e. The summed E-state index contributed by atoms with van der Waals surface area (Å²) in [6.45, 7) is 6.12. The van der Waals surface area contributed by atoms with Gasteiger partial charge < -0.3 is 9.30 Å². The minimum Gasteiger partial charge on any atom is -0.382 e. The molecule has 4 heteroatoms. The van der Waals surface area contributed by atoms with Gasteiger partial charge >= 0.3 is 0 Å². The lowest BCUT2D eigenvalue weighted by atomic mass is 10.2. The summed E-state index contributed by atoms with van der Waals surface area (Å²) in [7, 11) is 3.73. The normalized spacial score (nSPS) is 10.9. The summed E-state index contributed by atoms with van der Waals surface area (Å²) >= 11 is 0. The lowest BCUT2D eigenvalue weighted by Gasteiger charge is -2.05. The van der Waals surface area contributed by atoms with Crippen LogP contribution in [0.5, 0.6) is 0 Å². The van der Waals surface area contributed by atoms with Gasteiger partial charge in [-0.3, -0.25) is 4.84 Å². The van der Waals surface area contributed by atoms with E-state index in [4.69, 9.17) is 9.57 Å². The first-order valence-electron chi connectivity index (χ1n) is 5.12. The van der Waals surface area contributed by atoms with Crippen LogP contribution in [0, 0.1) is 13.8 Å². The average Bonchev–Trinajstić information content (AvgIpc) is 2.46. The maximum absolute atomic E-state index is 5.20. The van der Waals surface area contributed by atoms with Crippen LogP contribution < -0.4 is 5.48 Å². The van der Waals surface area contributed by atoms with Crippen LogP contribution in [0.4, 0.5) is 0 Å². The predicted octanol–water partition coefficient (Wildman–Crippen LogP) is 1.31. The third-order valence-corrected chi connectivity index (χ3v) is 2.63. The summed E-state index contributed by atoms with van der Waals surface area (Å²) in [5.74, 6) is 0. The Hall–Kier alpha value is -0.840. The number of nitrogens with zero attached hydrogens (tertiary/aromatic N) is 1. The van der Waals surface area contributed by atoms with Crippen molar-refractivity contribution in [3.63, 3.8) is 0 Å². The molecular weight excluding hydrogens is 192 g/mol. The summed E-state index contributed by atoms with van der Waals surface area (Å²) in [5.41, 5.74) is 6.73. The Morgan fingerprint density at radius 1 is 1.33 bits per heavy atom. The molecule has 0 fully saturated rings. The molecule has 15 heavy (non-hydrogen) atoms. The highest BCUT2D eigenvalue weighted by molar-refractivity contribution is 5.25. The molecule has 0 saturated heterocycles. The van der Waals surface area contributed by atoms with Crippen LogP contribution in [0.25, 0.3) is 0 Å². The summed E-state index contributed by atoms with van der Waals surface area (Å²) in [5, 5.41) is 0. The van der Waals surface area contributed by atoms with Crippen molar-refractivity contribution in [1.82, 2.24) is 10.0 Å². The highest BCUT2D eigenvalue weighted by Crippen LogP contribution is 2.12. The maximum Gasteiger partial charge on any atom is 0.0916 e. The van der Waals surface area contributed by atoms with E-state index in [2.05, 4.69) is 37.0 Å². The number of hydrogen-bond donors (Lipinski definition) is 1. The van der Waals surface area contributed by atoms with Crippen molar-refractivity contribution < 1.29 is 9.57 Å². The molecule has 0 aliphatic carbocycles. The lowest BCUT2D eigenvalue weighted by Crippen LogP contribution is -2.17.